The van der Waals surface area contributed by atoms with Gasteiger partial charge in [0, 0.05) is 18.2 Å². The molecule has 2 aliphatic rings. The van der Waals surface area contributed by atoms with Crippen molar-refractivity contribution < 1.29 is 14.7 Å². The lowest BCUT2D eigenvalue weighted by Crippen LogP contribution is -2.50. The third-order valence-electron chi connectivity index (χ3n) is 3.47. The Bertz CT molecular complexity index is 493. The number of hydrogen-bond acceptors (Lipinski definition) is 3. The summed E-state index contributed by atoms with van der Waals surface area (Å²) in [6.07, 6.45) is 2.00. The van der Waals surface area contributed by atoms with Crippen LogP contribution < -0.4 is 0 Å². The van der Waals surface area contributed by atoms with Gasteiger partial charge in [0.25, 0.3) is 0 Å². The van der Waals surface area contributed by atoms with E-state index in [1.807, 2.05) is 17.0 Å². The molecule has 0 spiro atoms. The number of Topliss-reactive ketones (excluding diaryl/α,β-unsaturated/α-hetero) is 1. The van der Waals surface area contributed by atoms with E-state index in [-0.39, 0.29) is 11.8 Å². The lowest BCUT2D eigenvalue weighted by atomic mass is 9.92. The molecule has 0 saturated heterocycles. The number of carbonyl (C=O) groups excluding carboxylic acids is 1. The van der Waals surface area contributed by atoms with Crippen LogP contribution in [0.3, 0.4) is 0 Å². The minimum Gasteiger partial charge on any atom is -0.480 e. The molecule has 1 atom stereocenters. The molecule has 88 valence electrons. The Morgan fingerprint density at radius 3 is 2.65 bits per heavy atom. The summed E-state index contributed by atoms with van der Waals surface area (Å²) in [5.74, 6) is -1.30. The molecule has 0 amide bonds. The minimum absolute atomic E-state index is 0.272. The van der Waals surface area contributed by atoms with Crippen LogP contribution in [0.5, 0.6) is 0 Å². The maximum absolute atomic E-state index is 12.2. The molecule has 0 radical (unpaired) electrons. The lowest BCUT2D eigenvalue weighted by Gasteiger charge is -2.33. The van der Waals surface area contributed by atoms with E-state index in [1.165, 1.54) is 0 Å². The van der Waals surface area contributed by atoms with Gasteiger partial charge in [-0.1, -0.05) is 24.3 Å². The number of nitrogens with zero attached hydrogens (tertiary/aromatic N) is 1. The molecule has 0 bridgehead atoms. The summed E-state index contributed by atoms with van der Waals surface area (Å²) in [6, 6.07) is 6.57. The number of ketones is 1. The zero-order chi connectivity index (χ0) is 12.0. The standard InChI is InChI=1S/C13H13NO3/c15-12-10-4-2-1-3-8(10)7-14(9-5-6-9)11(12)13(16)17/h1-4,9,11H,5-7H2,(H,16,17). The predicted molar refractivity (Wildman–Crippen MR) is 60.8 cm³/mol. The maximum atomic E-state index is 12.2. The fourth-order valence-corrected chi connectivity index (χ4v) is 2.48. The van der Waals surface area contributed by atoms with Crippen LogP contribution in [0.4, 0.5) is 0 Å². The first-order chi connectivity index (χ1) is 8.18. The molecule has 1 aromatic carbocycles. The molecule has 1 N–H and O–H groups in total. The Kier molecular flexibility index (Phi) is 2.26. The molecular weight excluding hydrogens is 218 g/mol. The third-order valence-corrected chi connectivity index (χ3v) is 3.47. The van der Waals surface area contributed by atoms with Crippen LogP contribution in [0.25, 0.3) is 0 Å². The molecule has 4 nitrogen and oxygen atoms in total. The number of rotatable bonds is 2. The Hall–Kier alpha value is -1.68. The Morgan fingerprint density at radius 2 is 2.00 bits per heavy atom. The maximum Gasteiger partial charge on any atom is 0.329 e. The average molecular weight is 231 g/mol. The van der Waals surface area contributed by atoms with Crippen molar-refractivity contribution in [2.24, 2.45) is 0 Å². The molecule has 1 aliphatic heterocycles. The van der Waals surface area contributed by atoms with E-state index >= 15 is 0 Å². The first kappa shape index (κ1) is 10.5. The highest BCUT2D eigenvalue weighted by Gasteiger charge is 2.44. The zero-order valence-electron chi connectivity index (χ0n) is 9.30. The van der Waals surface area contributed by atoms with Crippen molar-refractivity contribution in [1.82, 2.24) is 4.90 Å². The van der Waals surface area contributed by atoms with E-state index in [2.05, 4.69) is 0 Å². The van der Waals surface area contributed by atoms with E-state index in [1.54, 1.807) is 12.1 Å². The number of fused-ring (bicyclic) bond motifs is 1. The van der Waals surface area contributed by atoms with Gasteiger partial charge in [0.15, 0.2) is 11.8 Å². The van der Waals surface area contributed by atoms with Crippen molar-refractivity contribution in [3.8, 4) is 0 Å². The predicted octanol–water partition coefficient (Wildman–Crippen LogP) is 1.30. The molecule has 1 unspecified atom stereocenters. The number of carboxylic acids is 1. The van der Waals surface area contributed by atoms with E-state index < -0.39 is 12.0 Å². The van der Waals surface area contributed by atoms with Gasteiger partial charge in [-0.05, 0) is 18.4 Å². The van der Waals surface area contributed by atoms with Gasteiger partial charge in [-0.15, -0.1) is 0 Å². The zero-order valence-corrected chi connectivity index (χ0v) is 9.30. The van der Waals surface area contributed by atoms with Gasteiger partial charge in [0.1, 0.15) is 0 Å². The molecule has 0 aromatic heterocycles. The average Bonchev–Trinajstić information content (AvgIpc) is 3.12. The molecule has 3 rings (SSSR count). The summed E-state index contributed by atoms with van der Waals surface area (Å²) < 4.78 is 0. The summed E-state index contributed by atoms with van der Waals surface area (Å²) in [6.45, 7) is 0.573. The second-order valence-corrected chi connectivity index (χ2v) is 4.67. The molecule has 1 heterocycles. The van der Waals surface area contributed by atoms with Crippen LogP contribution in [0.15, 0.2) is 24.3 Å². The van der Waals surface area contributed by atoms with Crippen molar-refractivity contribution in [3.05, 3.63) is 35.4 Å². The van der Waals surface area contributed by atoms with Crippen LogP contribution in [0.1, 0.15) is 28.8 Å². The number of aliphatic carboxylic acids is 1. The van der Waals surface area contributed by atoms with Crippen LogP contribution in [-0.2, 0) is 11.3 Å². The van der Waals surface area contributed by atoms with Gasteiger partial charge >= 0.3 is 5.97 Å². The molecular formula is C13H13NO3. The summed E-state index contributed by atoms with van der Waals surface area (Å²) in [5, 5.41) is 9.22. The highest BCUT2D eigenvalue weighted by atomic mass is 16.4. The Balaban J connectivity index is 2.04. The molecule has 17 heavy (non-hydrogen) atoms. The van der Waals surface area contributed by atoms with Crippen molar-refractivity contribution in [1.29, 1.82) is 0 Å². The van der Waals surface area contributed by atoms with Crippen LogP contribution >= 0.6 is 0 Å². The number of hydrogen-bond donors (Lipinski definition) is 1. The number of benzene rings is 1. The van der Waals surface area contributed by atoms with Gasteiger partial charge in [0.2, 0.25) is 0 Å². The first-order valence-corrected chi connectivity index (χ1v) is 5.79. The van der Waals surface area contributed by atoms with Crippen molar-refractivity contribution in [2.75, 3.05) is 0 Å². The fraction of sp³-hybridized carbons (Fsp3) is 0.385. The smallest absolute Gasteiger partial charge is 0.329 e. The van der Waals surface area contributed by atoms with Crippen LogP contribution in [0, 0.1) is 0 Å². The third kappa shape index (κ3) is 1.65. The van der Waals surface area contributed by atoms with Gasteiger partial charge in [-0.3, -0.25) is 14.5 Å². The molecule has 1 aromatic rings. The van der Waals surface area contributed by atoms with Gasteiger partial charge in [0.05, 0.1) is 0 Å². The summed E-state index contributed by atoms with van der Waals surface area (Å²) >= 11 is 0. The molecule has 1 aliphatic carbocycles. The van der Waals surface area contributed by atoms with Gasteiger partial charge in [-0.25, -0.2) is 0 Å². The topological polar surface area (TPSA) is 57.6 Å². The van der Waals surface area contributed by atoms with Gasteiger partial charge in [-0.2, -0.15) is 0 Å². The van der Waals surface area contributed by atoms with Crippen LogP contribution in [0.2, 0.25) is 0 Å². The monoisotopic (exact) mass is 231 g/mol. The summed E-state index contributed by atoms with van der Waals surface area (Å²) in [7, 11) is 0. The van der Waals surface area contributed by atoms with Crippen molar-refractivity contribution in [3.63, 3.8) is 0 Å². The normalized spacial score (nSPS) is 24.5. The second kappa shape index (κ2) is 3.67. The fourth-order valence-electron chi connectivity index (χ4n) is 2.48. The van der Waals surface area contributed by atoms with E-state index in [9.17, 15) is 14.7 Å². The highest BCUT2D eigenvalue weighted by Crippen LogP contribution is 2.34. The molecule has 4 heteroatoms. The number of carbonyl (C=O) groups is 2. The van der Waals surface area contributed by atoms with Crippen LogP contribution in [-0.4, -0.2) is 33.8 Å². The minimum atomic E-state index is -1.03. The molecule has 1 fully saturated rings. The highest BCUT2D eigenvalue weighted by molar-refractivity contribution is 6.13. The molecule has 1 saturated carbocycles. The summed E-state index contributed by atoms with van der Waals surface area (Å²) in [4.78, 5) is 25.3. The summed E-state index contributed by atoms with van der Waals surface area (Å²) in [5.41, 5.74) is 1.51. The lowest BCUT2D eigenvalue weighted by molar-refractivity contribution is -0.142. The quantitative estimate of drug-likeness (QED) is 0.779. The van der Waals surface area contributed by atoms with Crippen molar-refractivity contribution in [2.45, 2.75) is 31.5 Å². The van der Waals surface area contributed by atoms with E-state index in [0.29, 0.717) is 12.1 Å². The van der Waals surface area contributed by atoms with Crippen molar-refractivity contribution >= 4 is 11.8 Å². The first-order valence-electron chi connectivity index (χ1n) is 5.79. The number of carboxylic acid groups (broad SMARTS) is 1. The van der Waals surface area contributed by atoms with E-state index in [4.69, 9.17) is 0 Å². The van der Waals surface area contributed by atoms with Gasteiger partial charge < -0.3 is 5.11 Å². The largest absolute Gasteiger partial charge is 0.480 e. The Morgan fingerprint density at radius 1 is 1.29 bits per heavy atom. The Labute approximate surface area is 98.9 Å². The second-order valence-electron chi connectivity index (χ2n) is 4.67. The SMILES string of the molecule is O=C(O)C1C(=O)c2ccccc2CN1C1CC1. The van der Waals surface area contributed by atoms with E-state index in [0.717, 1.165) is 18.4 Å².